The molecule has 1 atom stereocenters. The predicted molar refractivity (Wildman–Crippen MR) is 78.4 cm³/mol. The van der Waals surface area contributed by atoms with Crippen LogP contribution in [0.5, 0.6) is 0 Å². The maximum atomic E-state index is 12.2. The van der Waals surface area contributed by atoms with Crippen molar-refractivity contribution in [1.29, 1.82) is 0 Å². The van der Waals surface area contributed by atoms with Gasteiger partial charge < -0.3 is 11.1 Å². The Morgan fingerprint density at radius 3 is 2.63 bits per heavy atom. The van der Waals surface area contributed by atoms with Gasteiger partial charge in [0, 0.05) is 0 Å². The normalized spacial score (nSPS) is 19.2. The zero-order valence-corrected chi connectivity index (χ0v) is 12.4. The molecule has 3 nitrogen and oxygen atoms in total. The Morgan fingerprint density at radius 1 is 1.37 bits per heavy atom. The molecule has 1 aromatic carbocycles. The minimum atomic E-state index is -0.723. The number of benzene rings is 1. The van der Waals surface area contributed by atoms with Crippen LogP contribution in [0.25, 0.3) is 0 Å². The van der Waals surface area contributed by atoms with Gasteiger partial charge in [-0.15, -0.1) is 0 Å². The number of halogens is 2. The second kappa shape index (κ2) is 5.70. The van der Waals surface area contributed by atoms with Gasteiger partial charge in [0.15, 0.2) is 0 Å². The highest BCUT2D eigenvalue weighted by molar-refractivity contribution is 6.42. The van der Waals surface area contributed by atoms with Gasteiger partial charge >= 0.3 is 0 Å². The molecule has 0 aliphatic heterocycles. The lowest BCUT2D eigenvalue weighted by Crippen LogP contribution is -2.52. The van der Waals surface area contributed by atoms with Gasteiger partial charge in [0.05, 0.1) is 21.6 Å². The van der Waals surface area contributed by atoms with Crippen LogP contribution in [0.15, 0.2) is 18.2 Å². The highest BCUT2D eigenvalue weighted by Crippen LogP contribution is 2.31. The monoisotopic (exact) mass is 300 g/mol. The van der Waals surface area contributed by atoms with E-state index in [1.54, 1.807) is 6.07 Å². The Hall–Kier alpha value is -0.770. The second-order valence-electron chi connectivity index (χ2n) is 5.20. The van der Waals surface area contributed by atoms with E-state index in [4.69, 9.17) is 28.9 Å². The Bertz CT molecular complexity index is 484. The number of amides is 1. The molecule has 0 bridgehead atoms. The number of hydrogen-bond donors (Lipinski definition) is 2. The summed E-state index contributed by atoms with van der Waals surface area (Å²) in [4.78, 5) is 12.2. The molecule has 1 saturated carbocycles. The Morgan fingerprint density at radius 2 is 2.00 bits per heavy atom. The molecule has 1 aliphatic rings. The summed E-state index contributed by atoms with van der Waals surface area (Å²) in [5.74, 6) is -0.103. The van der Waals surface area contributed by atoms with E-state index in [1.165, 1.54) is 0 Å². The molecule has 1 amide bonds. The lowest BCUT2D eigenvalue weighted by Gasteiger charge is -2.25. The van der Waals surface area contributed by atoms with Gasteiger partial charge in [-0.2, -0.15) is 0 Å². The summed E-state index contributed by atoms with van der Waals surface area (Å²) < 4.78 is 0. The molecule has 104 valence electrons. The van der Waals surface area contributed by atoms with Gasteiger partial charge in [0.1, 0.15) is 0 Å². The highest BCUT2D eigenvalue weighted by Gasteiger charge is 2.37. The van der Waals surface area contributed by atoms with Crippen molar-refractivity contribution in [2.45, 2.75) is 44.2 Å². The third-order valence-corrected chi connectivity index (χ3v) is 4.58. The number of carbonyl (C=O) groups is 1. The summed E-state index contributed by atoms with van der Waals surface area (Å²) in [5, 5.41) is 3.91. The number of carbonyl (C=O) groups excluding carboxylic acids is 1. The SMILES string of the molecule is CC(NC(=O)C1(N)CCCC1)c1cccc(Cl)c1Cl. The summed E-state index contributed by atoms with van der Waals surface area (Å²) in [7, 11) is 0. The lowest BCUT2D eigenvalue weighted by atomic mass is 9.97. The first kappa shape index (κ1) is 14.6. The molecule has 19 heavy (non-hydrogen) atoms. The van der Waals surface area contributed by atoms with Crippen LogP contribution >= 0.6 is 23.2 Å². The molecule has 5 heteroatoms. The van der Waals surface area contributed by atoms with Crippen molar-refractivity contribution in [3.8, 4) is 0 Å². The molecule has 0 aromatic heterocycles. The average Bonchev–Trinajstić information content (AvgIpc) is 2.81. The van der Waals surface area contributed by atoms with Crippen molar-refractivity contribution >= 4 is 29.1 Å². The maximum absolute atomic E-state index is 12.2. The van der Waals surface area contributed by atoms with Crippen molar-refractivity contribution in [1.82, 2.24) is 5.32 Å². The molecule has 1 aliphatic carbocycles. The summed E-state index contributed by atoms with van der Waals surface area (Å²) in [6.45, 7) is 1.88. The van der Waals surface area contributed by atoms with Gasteiger partial charge in [-0.3, -0.25) is 4.79 Å². The summed E-state index contributed by atoms with van der Waals surface area (Å²) >= 11 is 12.1. The molecule has 1 unspecified atom stereocenters. The number of nitrogens with two attached hydrogens (primary N) is 1. The molecule has 0 saturated heterocycles. The van der Waals surface area contributed by atoms with E-state index in [0.717, 1.165) is 31.2 Å². The summed E-state index contributed by atoms with van der Waals surface area (Å²) in [6.07, 6.45) is 3.51. The van der Waals surface area contributed by atoms with Gasteiger partial charge in [0.2, 0.25) is 5.91 Å². The van der Waals surface area contributed by atoms with Crippen LogP contribution in [-0.4, -0.2) is 11.4 Å². The van der Waals surface area contributed by atoms with Crippen LogP contribution in [0.1, 0.15) is 44.2 Å². The van der Waals surface area contributed by atoms with E-state index in [0.29, 0.717) is 10.0 Å². The predicted octanol–water partition coefficient (Wildman–Crippen LogP) is 3.44. The van der Waals surface area contributed by atoms with Crippen molar-refractivity contribution < 1.29 is 4.79 Å². The largest absolute Gasteiger partial charge is 0.348 e. The Labute approximate surface area is 123 Å². The lowest BCUT2D eigenvalue weighted by molar-refractivity contribution is -0.126. The van der Waals surface area contributed by atoms with E-state index in [1.807, 2.05) is 19.1 Å². The second-order valence-corrected chi connectivity index (χ2v) is 5.99. The van der Waals surface area contributed by atoms with Gasteiger partial charge in [-0.25, -0.2) is 0 Å². The molecule has 1 fully saturated rings. The fourth-order valence-electron chi connectivity index (χ4n) is 2.51. The third-order valence-electron chi connectivity index (χ3n) is 3.74. The van der Waals surface area contributed by atoms with E-state index < -0.39 is 5.54 Å². The number of nitrogens with one attached hydrogen (secondary N) is 1. The van der Waals surface area contributed by atoms with E-state index in [9.17, 15) is 4.79 Å². The van der Waals surface area contributed by atoms with Crippen molar-refractivity contribution in [2.24, 2.45) is 5.73 Å². The standard InChI is InChI=1S/C14H18Cl2N2O/c1-9(10-5-4-6-11(15)12(10)16)18-13(19)14(17)7-2-3-8-14/h4-6,9H,2-3,7-8,17H2,1H3,(H,18,19). The Kier molecular flexibility index (Phi) is 4.39. The average molecular weight is 301 g/mol. The highest BCUT2D eigenvalue weighted by atomic mass is 35.5. The summed E-state index contributed by atoms with van der Waals surface area (Å²) in [5.41, 5.74) is 6.21. The zero-order chi connectivity index (χ0) is 14.0. The van der Waals surface area contributed by atoms with Crippen LogP contribution in [0.2, 0.25) is 10.0 Å². The molecule has 0 spiro atoms. The molecule has 1 aromatic rings. The zero-order valence-electron chi connectivity index (χ0n) is 10.9. The first-order valence-corrected chi connectivity index (χ1v) is 7.23. The molecular weight excluding hydrogens is 283 g/mol. The van der Waals surface area contributed by atoms with E-state index in [-0.39, 0.29) is 11.9 Å². The number of hydrogen-bond acceptors (Lipinski definition) is 2. The third kappa shape index (κ3) is 3.04. The molecule has 0 radical (unpaired) electrons. The minimum Gasteiger partial charge on any atom is -0.348 e. The topological polar surface area (TPSA) is 55.1 Å². The van der Waals surface area contributed by atoms with Crippen LogP contribution in [0.4, 0.5) is 0 Å². The van der Waals surface area contributed by atoms with Crippen LogP contribution in [-0.2, 0) is 4.79 Å². The van der Waals surface area contributed by atoms with Crippen LogP contribution < -0.4 is 11.1 Å². The van der Waals surface area contributed by atoms with Crippen LogP contribution in [0, 0.1) is 0 Å². The van der Waals surface area contributed by atoms with Crippen LogP contribution in [0.3, 0.4) is 0 Å². The molecule has 2 rings (SSSR count). The fraction of sp³-hybridized carbons (Fsp3) is 0.500. The molecule has 0 heterocycles. The van der Waals surface area contributed by atoms with Gasteiger partial charge in [-0.1, -0.05) is 48.2 Å². The molecular formula is C14H18Cl2N2O. The van der Waals surface area contributed by atoms with Crippen molar-refractivity contribution in [3.63, 3.8) is 0 Å². The smallest absolute Gasteiger partial charge is 0.240 e. The van der Waals surface area contributed by atoms with Gasteiger partial charge in [-0.05, 0) is 31.4 Å². The van der Waals surface area contributed by atoms with E-state index >= 15 is 0 Å². The first-order chi connectivity index (χ1) is 8.94. The van der Waals surface area contributed by atoms with Gasteiger partial charge in [0.25, 0.3) is 0 Å². The Balaban J connectivity index is 2.10. The quantitative estimate of drug-likeness (QED) is 0.898. The first-order valence-electron chi connectivity index (χ1n) is 6.48. The number of rotatable bonds is 3. The van der Waals surface area contributed by atoms with Crippen molar-refractivity contribution in [2.75, 3.05) is 0 Å². The fourth-order valence-corrected chi connectivity index (χ4v) is 2.98. The van der Waals surface area contributed by atoms with Crippen molar-refractivity contribution in [3.05, 3.63) is 33.8 Å². The maximum Gasteiger partial charge on any atom is 0.240 e. The molecule has 3 N–H and O–H groups in total. The minimum absolute atomic E-state index is 0.103. The summed E-state index contributed by atoms with van der Waals surface area (Å²) in [6, 6.07) is 5.19. The van der Waals surface area contributed by atoms with E-state index in [2.05, 4.69) is 5.32 Å².